The Hall–Kier alpha value is -2.02. The molecule has 1 aliphatic rings. The van der Waals surface area contributed by atoms with Crippen molar-refractivity contribution in [2.75, 3.05) is 18.4 Å². The predicted molar refractivity (Wildman–Crippen MR) is 71.9 cm³/mol. The van der Waals surface area contributed by atoms with Gasteiger partial charge in [0, 0.05) is 12.6 Å². The van der Waals surface area contributed by atoms with Gasteiger partial charge in [0.25, 0.3) is 5.69 Å². The van der Waals surface area contributed by atoms with Gasteiger partial charge in [-0.05, 0) is 32.4 Å². The van der Waals surface area contributed by atoms with Crippen LogP contribution in [0.4, 0.5) is 15.8 Å². The minimum absolute atomic E-state index is 0.0348. The van der Waals surface area contributed by atoms with Crippen LogP contribution in [-0.2, 0) is 4.79 Å². The number of hydrogen-bond acceptors (Lipinski definition) is 4. The highest BCUT2D eigenvalue weighted by molar-refractivity contribution is 5.95. The number of nitrogens with zero attached hydrogens (tertiary/aromatic N) is 1. The van der Waals surface area contributed by atoms with Crippen molar-refractivity contribution in [3.8, 4) is 0 Å². The lowest BCUT2D eigenvalue weighted by atomic mass is 9.82. The first-order valence-electron chi connectivity index (χ1n) is 6.38. The van der Waals surface area contributed by atoms with Gasteiger partial charge >= 0.3 is 0 Å². The number of benzene rings is 1. The maximum absolute atomic E-state index is 13.7. The molecule has 0 aliphatic carbocycles. The molecule has 6 nitrogen and oxygen atoms in total. The summed E-state index contributed by atoms with van der Waals surface area (Å²) in [7, 11) is 0. The fraction of sp³-hybridized carbons (Fsp3) is 0.462. The van der Waals surface area contributed by atoms with Gasteiger partial charge in [-0.15, -0.1) is 0 Å². The zero-order chi connectivity index (χ0) is 14.8. The molecule has 0 radical (unpaired) electrons. The van der Waals surface area contributed by atoms with E-state index in [1.54, 1.807) is 0 Å². The molecular formula is C13H16FN3O3. The Kier molecular flexibility index (Phi) is 3.99. The number of nitrogens with one attached hydrogen (secondary N) is 2. The number of nitro benzene ring substituents is 1. The van der Waals surface area contributed by atoms with E-state index in [1.165, 1.54) is 12.1 Å². The highest BCUT2D eigenvalue weighted by atomic mass is 19.1. The average molecular weight is 281 g/mol. The summed E-state index contributed by atoms with van der Waals surface area (Å²) in [5.41, 5.74) is -0.967. The summed E-state index contributed by atoms with van der Waals surface area (Å²) in [6, 6.07) is 3.18. The minimum atomic E-state index is -0.806. The number of nitro groups is 1. The van der Waals surface area contributed by atoms with Gasteiger partial charge in [-0.3, -0.25) is 14.9 Å². The number of anilines is 1. The van der Waals surface area contributed by atoms with Crippen LogP contribution in [0.25, 0.3) is 0 Å². The summed E-state index contributed by atoms with van der Waals surface area (Å²) >= 11 is 0. The summed E-state index contributed by atoms with van der Waals surface area (Å²) in [5.74, 6) is -1.09. The van der Waals surface area contributed by atoms with Crippen LogP contribution in [0.2, 0.25) is 0 Å². The average Bonchev–Trinajstić information content (AvgIpc) is 2.41. The molecule has 1 amide bonds. The number of piperidine rings is 1. The van der Waals surface area contributed by atoms with Gasteiger partial charge in [-0.25, -0.2) is 4.39 Å². The van der Waals surface area contributed by atoms with E-state index in [-0.39, 0.29) is 17.3 Å². The maximum atomic E-state index is 13.7. The summed E-state index contributed by atoms with van der Waals surface area (Å²) in [4.78, 5) is 22.1. The van der Waals surface area contributed by atoms with E-state index in [2.05, 4.69) is 10.6 Å². The van der Waals surface area contributed by atoms with Crippen molar-refractivity contribution in [2.45, 2.75) is 19.8 Å². The van der Waals surface area contributed by atoms with Crippen molar-refractivity contribution in [1.82, 2.24) is 5.32 Å². The molecule has 1 aromatic rings. The first kappa shape index (κ1) is 14.4. The van der Waals surface area contributed by atoms with Crippen molar-refractivity contribution in [3.63, 3.8) is 0 Å². The number of carbonyl (C=O) groups is 1. The quantitative estimate of drug-likeness (QED) is 0.656. The summed E-state index contributed by atoms with van der Waals surface area (Å²) < 4.78 is 13.7. The van der Waals surface area contributed by atoms with E-state index < -0.39 is 16.2 Å². The molecule has 0 bridgehead atoms. The van der Waals surface area contributed by atoms with Crippen molar-refractivity contribution < 1.29 is 14.1 Å². The monoisotopic (exact) mass is 281 g/mol. The summed E-state index contributed by atoms with van der Waals surface area (Å²) in [5, 5.41) is 16.2. The van der Waals surface area contributed by atoms with E-state index in [0.29, 0.717) is 6.54 Å². The van der Waals surface area contributed by atoms with E-state index in [9.17, 15) is 19.3 Å². The third-order valence-corrected chi connectivity index (χ3v) is 3.56. The van der Waals surface area contributed by atoms with Crippen molar-refractivity contribution in [3.05, 3.63) is 34.1 Å². The highest BCUT2D eigenvalue weighted by Gasteiger charge is 2.35. The topological polar surface area (TPSA) is 84.3 Å². The molecule has 1 fully saturated rings. The lowest BCUT2D eigenvalue weighted by molar-refractivity contribution is -0.385. The number of carbonyl (C=O) groups excluding carboxylic acids is 1. The van der Waals surface area contributed by atoms with Crippen LogP contribution in [0.15, 0.2) is 18.2 Å². The molecule has 1 heterocycles. The van der Waals surface area contributed by atoms with Gasteiger partial charge in [-0.2, -0.15) is 0 Å². The molecule has 0 spiro atoms. The fourth-order valence-corrected chi connectivity index (χ4v) is 2.24. The van der Waals surface area contributed by atoms with Crippen LogP contribution >= 0.6 is 0 Å². The van der Waals surface area contributed by atoms with E-state index in [1.807, 2.05) is 6.92 Å². The molecule has 108 valence electrons. The molecule has 0 saturated carbocycles. The molecule has 7 heteroatoms. The smallest absolute Gasteiger partial charge is 0.272 e. The number of halogens is 1. The molecular weight excluding hydrogens is 265 g/mol. The van der Waals surface area contributed by atoms with Crippen LogP contribution < -0.4 is 10.6 Å². The van der Waals surface area contributed by atoms with Gasteiger partial charge in [0.15, 0.2) is 5.82 Å². The Morgan fingerprint density at radius 2 is 2.30 bits per heavy atom. The molecule has 1 aromatic carbocycles. The van der Waals surface area contributed by atoms with Crippen molar-refractivity contribution in [2.24, 2.45) is 5.41 Å². The molecule has 2 N–H and O–H groups in total. The van der Waals surface area contributed by atoms with Gasteiger partial charge in [0.2, 0.25) is 5.91 Å². The summed E-state index contributed by atoms with van der Waals surface area (Å²) in [6.45, 7) is 3.22. The molecule has 1 saturated heterocycles. The van der Waals surface area contributed by atoms with Gasteiger partial charge < -0.3 is 10.6 Å². The lowest BCUT2D eigenvalue weighted by Gasteiger charge is -2.32. The second-order valence-electron chi connectivity index (χ2n) is 5.22. The SMILES string of the molecule is CC1(C(=O)Nc2ccc([N+](=O)[O-])cc2F)CCCNC1. The van der Waals surface area contributed by atoms with Crippen LogP contribution in [0.3, 0.4) is 0 Å². The first-order chi connectivity index (χ1) is 9.42. The van der Waals surface area contributed by atoms with E-state index >= 15 is 0 Å². The number of rotatable bonds is 3. The van der Waals surface area contributed by atoms with Crippen LogP contribution in [0, 0.1) is 21.3 Å². The Morgan fingerprint density at radius 3 is 2.85 bits per heavy atom. The Balaban J connectivity index is 2.13. The van der Waals surface area contributed by atoms with Gasteiger partial charge in [0.05, 0.1) is 22.1 Å². The largest absolute Gasteiger partial charge is 0.323 e. The normalized spacial score (nSPS) is 22.3. The molecule has 20 heavy (non-hydrogen) atoms. The minimum Gasteiger partial charge on any atom is -0.323 e. The standard InChI is InChI=1S/C13H16FN3O3/c1-13(5-2-6-15-8-13)12(18)16-11-4-3-9(17(19)20)7-10(11)14/h3-4,7,15H,2,5-6,8H2,1H3,(H,16,18). The Bertz CT molecular complexity index is 542. The second kappa shape index (κ2) is 5.54. The zero-order valence-electron chi connectivity index (χ0n) is 11.1. The molecule has 0 aromatic heterocycles. The number of non-ortho nitro benzene ring substituents is 1. The highest BCUT2D eigenvalue weighted by Crippen LogP contribution is 2.28. The Labute approximate surface area is 115 Å². The molecule has 1 atom stereocenters. The van der Waals surface area contributed by atoms with Gasteiger partial charge in [-0.1, -0.05) is 0 Å². The Morgan fingerprint density at radius 1 is 1.55 bits per heavy atom. The molecule has 2 rings (SSSR count). The first-order valence-corrected chi connectivity index (χ1v) is 6.38. The predicted octanol–water partition coefficient (Wildman–Crippen LogP) is 2.06. The van der Waals surface area contributed by atoms with Crippen LogP contribution in [-0.4, -0.2) is 23.9 Å². The number of amides is 1. The van der Waals surface area contributed by atoms with Crippen molar-refractivity contribution >= 4 is 17.3 Å². The van der Waals surface area contributed by atoms with Crippen molar-refractivity contribution in [1.29, 1.82) is 0 Å². The number of hydrogen-bond donors (Lipinski definition) is 2. The van der Waals surface area contributed by atoms with E-state index in [4.69, 9.17) is 0 Å². The van der Waals surface area contributed by atoms with Gasteiger partial charge in [0.1, 0.15) is 0 Å². The van der Waals surface area contributed by atoms with Crippen LogP contribution in [0.1, 0.15) is 19.8 Å². The molecule has 1 unspecified atom stereocenters. The maximum Gasteiger partial charge on any atom is 0.272 e. The zero-order valence-corrected chi connectivity index (χ0v) is 11.1. The second-order valence-corrected chi connectivity index (χ2v) is 5.22. The molecule has 1 aliphatic heterocycles. The van der Waals surface area contributed by atoms with E-state index in [0.717, 1.165) is 25.5 Å². The lowest BCUT2D eigenvalue weighted by Crippen LogP contribution is -2.46. The third kappa shape index (κ3) is 2.93. The fourth-order valence-electron chi connectivity index (χ4n) is 2.24. The summed E-state index contributed by atoms with van der Waals surface area (Å²) in [6.07, 6.45) is 1.60. The van der Waals surface area contributed by atoms with Crippen LogP contribution in [0.5, 0.6) is 0 Å². The third-order valence-electron chi connectivity index (χ3n) is 3.56.